The maximum atomic E-state index is 12.6. The van der Waals surface area contributed by atoms with Crippen molar-refractivity contribution in [3.8, 4) is 5.75 Å². The predicted octanol–water partition coefficient (Wildman–Crippen LogP) is 2.68. The molecule has 29 heavy (non-hydrogen) atoms. The topological polar surface area (TPSA) is 84.0 Å². The number of carbonyl (C=O) groups is 2. The summed E-state index contributed by atoms with van der Waals surface area (Å²) in [5.41, 5.74) is 0.559. The maximum absolute atomic E-state index is 12.6. The molecule has 0 unspecified atom stereocenters. The van der Waals surface area contributed by atoms with Gasteiger partial charge in [-0.3, -0.25) is 9.59 Å². The van der Waals surface area contributed by atoms with Gasteiger partial charge in [-0.15, -0.1) is 0 Å². The Balaban J connectivity index is 1.71. The van der Waals surface area contributed by atoms with E-state index >= 15 is 0 Å². The van der Waals surface area contributed by atoms with Gasteiger partial charge in [0.05, 0.1) is 10.8 Å². The Morgan fingerprint density at radius 2 is 1.69 bits per heavy atom. The standard InChI is InChI=1S/C21H24N2O5S/c1-3-22(4-2)29(26,27)19-12-10-17(11-13-19)23-15-16(14-20(23)24)21(25)28-18-8-6-5-7-9-18/h5-13,16H,3-4,14-15H2,1-2H3/t16-/m0/s1. The summed E-state index contributed by atoms with van der Waals surface area (Å²) in [7, 11) is -3.56. The summed E-state index contributed by atoms with van der Waals surface area (Å²) in [6, 6.07) is 14.9. The minimum atomic E-state index is -3.56. The van der Waals surface area contributed by atoms with Crippen LogP contribution in [-0.4, -0.2) is 44.2 Å². The zero-order valence-corrected chi connectivity index (χ0v) is 17.3. The Labute approximate surface area is 170 Å². The van der Waals surface area contributed by atoms with E-state index in [0.29, 0.717) is 24.5 Å². The number of hydrogen-bond donors (Lipinski definition) is 0. The molecule has 1 amide bonds. The number of rotatable bonds is 7. The summed E-state index contributed by atoms with van der Waals surface area (Å²) < 4.78 is 31.9. The van der Waals surface area contributed by atoms with Gasteiger partial charge >= 0.3 is 5.97 Å². The molecule has 7 nitrogen and oxygen atoms in total. The molecule has 0 aliphatic carbocycles. The van der Waals surface area contributed by atoms with Crippen LogP contribution in [-0.2, 0) is 19.6 Å². The molecule has 1 aliphatic heterocycles. The lowest BCUT2D eigenvalue weighted by atomic mass is 10.1. The van der Waals surface area contributed by atoms with Crippen molar-refractivity contribution in [1.29, 1.82) is 0 Å². The number of nitrogens with zero attached hydrogens (tertiary/aromatic N) is 2. The molecule has 8 heteroatoms. The van der Waals surface area contributed by atoms with Gasteiger partial charge in [0.1, 0.15) is 5.75 Å². The molecule has 1 atom stereocenters. The van der Waals surface area contributed by atoms with Crippen LogP contribution in [0.4, 0.5) is 5.69 Å². The SMILES string of the molecule is CCN(CC)S(=O)(=O)c1ccc(N2C[C@@H](C(=O)Oc3ccccc3)CC2=O)cc1. The Morgan fingerprint density at radius 1 is 1.07 bits per heavy atom. The molecule has 1 fully saturated rings. The first-order valence-corrected chi connectivity index (χ1v) is 11.0. The van der Waals surface area contributed by atoms with Gasteiger partial charge in [-0.05, 0) is 36.4 Å². The second-order valence-corrected chi connectivity index (χ2v) is 8.66. The van der Waals surface area contributed by atoms with Crippen LogP contribution in [0.1, 0.15) is 20.3 Å². The van der Waals surface area contributed by atoms with E-state index in [1.165, 1.54) is 21.3 Å². The minimum Gasteiger partial charge on any atom is -0.426 e. The summed E-state index contributed by atoms with van der Waals surface area (Å²) >= 11 is 0. The second-order valence-electron chi connectivity index (χ2n) is 6.72. The molecular formula is C21H24N2O5S. The summed E-state index contributed by atoms with van der Waals surface area (Å²) in [6.45, 7) is 4.54. The molecular weight excluding hydrogens is 392 g/mol. The van der Waals surface area contributed by atoms with Gasteiger partial charge in [-0.1, -0.05) is 32.0 Å². The quantitative estimate of drug-likeness (QED) is 0.512. The fourth-order valence-electron chi connectivity index (χ4n) is 3.31. The number of esters is 1. The maximum Gasteiger partial charge on any atom is 0.316 e. The molecule has 2 aromatic carbocycles. The van der Waals surface area contributed by atoms with Crippen LogP contribution in [0.5, 0.6) is 5.75 Å². The van der Waals surface area contributed by atoms with Crippen LogP contribution in [0.25, 0.3) is 0 Å². The molecule has 3 rings (SSSR count). The molecule has 1 aliphatic rings. The Bertz CT molecular complexity index is 970. The summed E-state index contributed by atoms with van der Waals surface area (Å²) in [5.74, 6) is -0.775. The van der Waals surface area contributed by atoms with Crippen LogP contribution in [0.3, 0.4) is 0 Å². The number of carbonyl (C=O) groups excluding carboxylic acids is 2. The predicted molar refractivity (Wildman–Crippen MR) is 109 cm³/mol. The van der Waals surface area contributed by atoms with Crippen molar-refractivity contribution in [2.24, 2.45) is 5.92 Å². The molecule has 1 saturated heterocycles. The average Bonchev–Trinajstić information content (AvgIpc) is 3.11. The number of benzene rings is 2. The third-order valence-corrected chi connectivity index (χ3v) is 6.98. The third-order valence-electron chi connectivity index (χ3n) is 4.91. The van der Waals surface area contributed by atoms with E-state index in [1.807, 2.05) is 6.07 Å². The first-order chi connectivity index (χ1) is 13.9. The number of sulfonamides is 1. The van der Waals surface area contributed by atoms with Gasteiger partial charge in [-0.25, -0.2) is 8.42 Å². The van der Waals surface area contributed by atoms with Crippen LogP contribution in [0, 0.1) is 5.92 Å². The van der Waals surface area contributed by atoms with Gasteiger partial charge in [0, 0.05) is 31.7 Å². The zero-order valence-electron chi connectivity index (χ0n) is 16.4. The van der Waals surface area contributed by atoms with Gasteiger partial charge in [0.2, 0.25) is 15.9 Å². The number of amides is 1. The molecule has 0 spiro atoms. The van der Waals surface area contributed by atoms with Crippen molar-refractivity contribution in [2.75, 3.05) is 24.5 Å². The Kier molecular flexibility index (Phi) is 6.34. The van der Waals surface area contributed by atoms with Crippen molar-refractivity contribution in [2.45, 2.75) is 25.2 Å². The third kappa shape index (κ3) is 4.49. The van der Waals surface area contributed by atoms with E-state index in [1.54, 1.807) is 50.2 Å². The highest BCUT2D eigenvalue weighted by molar-refractivity contribution is 7.89. The monoisotopic (exact) mass is 416 g/mol. The van der Waals surface area contributed by atoms with Gasteiger partial charge in [-0.2, -0.15) is 4.31 Å². The normalized spacial score (nSPS) is 17.0. The highest BCUT2D eigenvalue weighted by Gasteiger charge is 2.36. The largest absolute Gasteiger partial charge is 0.426 e. The lowest BCUT2D eigenvalue weighted by Gasteiger charge is -2.20. The number of para-hydroxylation sites is 1. The van der Waals surface area contributed by atoms with Gasteiger partial charge in [0.25, 0.3) is 0 Å². The molecule has 0 saturated carbocycles. The van der Waals surface area contributed by atoms with Crippen molar-refractivity contribution < 1.29 is 22.7 Å². The van der Waals surface area contributed by atoms with E-state index < -0.39 is 21.9 Å². The fraction of sp³-hybridized carbons (Fsp3) is 0.333. The van der Waals surface area contributed by atoms with Crippen molar-refractivity contribution >= 4 is 27.6 Å². The van der Waals surface area contributed by atoms with E-state index in [2.05, 4.69) is 0 Å². The summed E-state index contributed by atoms with van der Waals surface area (Å²) in [5, 5.41) is 0. The first kappa shape index (κ1) is 21.0. The molecule has 1 heterocycles. The van der Waals surface area contributed by atoms with Gasteiger partial charge < -0.3 is 9.64 Å². The smallest absolute Gasteiger partial charge is 0.316 e. The van der Waals surface area contributed by atoms with Crippen LogP contribution in [0.15, 0.2) is 59.5 Å². The van der Waals surface area contributed by atoms with Gasteiger partial charge in [0.15, 0.2) is 0 Å². The summed E-state index contributed by atoms with van der Waals surface area (Å²) in [4.78, 5) is 26.5. The fourth-order valence-corrected chi connectivity index (χ4v) is 4.77. The van der Waals surface area contributed by atoms with Crippen LogP contribution < -0.4 is 9.64 Å². The van der Waals surface area contributed by atoms with Crippen LogP contribution >= 0.6 is 0 Å². The van der Waals surface area contributed by atoms with Crippen LogP contribution in [0.2, 0.25) is 0 Å². The van der Waals surface area contributed by atoms with Crippen molar-refractivity contribution in [3.05, 3.63) is 54.6 Å². The Hall–Kier alpha value is -2.71. The molecule has 154 valence electrons. The minimum absolute atomic E-state index is 0.0607. The summed E-state index contributed by atoms with van der Waals surface area (Å²) in [6.07, 6.45) is 0.0607. The highest BCUT2D eigenvalue weighted by Crippen LogP contribution is 2.28. The molecule has 0 bridgehead atoms. The molecule has 0 aromatic heterocycles. The first-order valence-electron chi connectivity index (χ1n) is 9.54. The Morgan fingerprint density at radius 3 is 2.28 bits per heavy atom. The molecule has 2 aromatic rings. The van der Waals surface area contributed by atoms with Crippen molar-refractivity contribution in [1.82, 2.24) is 4.31 Å². The molecule has 0 N–H and O–H groups in total. The number of hydrogen-bond acceptors (Lipinski definition) is 5. The molecule has 0 radical (unpaired) electrons. The second kappa shape index (κ2) is 8.75. The lowest BCUT2D eigenvalue weighted by molar-refractivity contribution is -0.139. The van der Waals surface area contributed by atoms with E-state index in [4.69, 9.17) is 4.74 Å². The van der Waals surface area contributed by atoms with E-state index in [-0.39, 0.29) is 23.8 Å². The van der Waals surface area contributed by atoms with E-state index in [0.717, 1.165) is 0 Å². The lowest BCUT2D eigenvalue weighted by Crippen LogP contribution is -2.30. The highest BCUT2D eigenvalue weighted by atomic mass is 32.2. The van der Waals surface area contributed by atoms with Crippen molar-refractivity contribution in [3.63, 3.8) is 0 Å². The zero-order chi connectivity index (χ0) is 21.0. The van der Waals surface area contributed by atoms with E-state index in [9.17, 15) is 18.0 Å². The average molecular weight is 416 g/mol. The number of ether oxygens (including phenoxy) is 1. The number of anilines is 1.